The first-order chi connectivity index (χ1) is 23.5. The van der Waals surface area contributed by atoms with Crippen molar-refractivity contribution >= 4 is 41.1 Å². The summed E-state index contributed by atoms with van der Waals surface area (Å²) in [6.07, 6.45) is 1.80. The van der Waals surface area contributed by atoms with Crippen LogP contribution < -0.4 is 30.7 Å². The third-order valence-corrected chi connectivity index (χ3v) is 8.66. The van der Waals surface area contributed by atoms with E-state index in [-0.39, 0.29) is 57.1 Å². The van der Waals surface area contributed by atoms with E-state index in [0.717, 1.165) is 5.56 Å². The monoisotopic (exact) mass is 690 g/mol. The molecule has 258 valence electrons. The molecule has 3 aliphatic heterocycles. The number of hydrogen-bond acceptors (Lipinski definition) is 8. The number of benzene rings is 2. The highest BCUT2D eigenvalue weighted by Gasteiger charge is 2.46. The number of halogens is 1. The van der Waals surface area contributed by atoms with Crippen LogP contribution in [0.15, 0.2) is 72.9 Å². The Bertz CT molecular complexity index is 1650. The van der Waals surface area contributed by atoms with Gasteiger partial charge in [-0.15, -0.1) is 0 Å². The second-order valence-corrected chi connectivity index (χ2v) is 12.5. The molecule has 5 amide bonds. The van der Waals surface area contributed by atoms with Gasteiger partial charge in [0, 0.05) is 38.5 Å². The van der Waals surface area contributed by atoms with Gasteiger partial charge in [0.25, 0.3) is 11.8 Å². The number of nitrogens with zero attached hydrogens (tertiary/aromatic N) is 2. The minimum absolute atomic E-state index is 0.126. The average Bonchev–Trinajstić information content (AvgIpc) is 3.10. The summed E-state index contributed by atoms with van der Waals surface area (Å²) in [5.74, 6) is -1.53. The number of fused-ring (bicyclic) bond motifs is 15. The number of likely N-dealkylation sites (tertiary alicyclic amines) is 1. The van der Waals surface area contributed by atoms with Gasteiger partial charge < -0.3 is 35.6 Å². The van der Waals surface area contributed by atoms with Crippen LogP contribution in [0.5, 0.6) is 11.5 Å². The van der Waals surface area contributed by atoms with Gasteiger partial charge in [0.1, 0.15) is 41.9 Å². The fourth-order valence-electron chi connectivity index (χ4n) is 5.57. The molecule has 49 heavy (non-hydrogen) atoms. The van der Waals surface area contributed by atoms with E-state index in [1.165, 1.54) is 13.1 Å². The van der Waals surface area contributed by atoms with Crippen LogP contribution in [0, 0.1) is 0 Å². The standard InChI is InChI=1S/C35H39ClN6O7/c1-22-30(43)37-16-19-48-26-9-11-27(12-10-26)49-35(14-17-42(18-15-35)33(46)28-13-8-25(36)21-38-28)34(47)40-23(2)31(44)41-29(32(45)39-22)20-24-6-4-3-5-7-24/h3-13,21-23,29H,14-20H2,1-2H3,(H,37,43)(H,39,45)(H,40,47)(H,41,44)/t22-,23-,29-/m0/s1. The number of pyridine rings is 1. The van der Waals surface area contributed by atoms with Gasteiger partial charge in [0.2, 0.25) is 17.7 Å². The Hall–Kier alpha value is -5.17. The summed E-state index contributed by atoms with van der Waals surface area (Å²) in [5, 5.41) is 11.3. The summed E-state index contributed by atoms with van der Waals surface area (Å²) in [5.41, 5.74) is -0.412. The van der Waals surface area contributed by atoms with E-state index >= 15 is 0 Å². The molecule has 3 aromatic rings. The molecule has 1 spiro atoms. The Kier molecular flexibility index (Phi) is 11.3. The lowest BCUT2D eigenvalue weighted by atomic mass is 9.89. The highest BCUT2D eigenvalue weighted by atomic mass is 35.5. The molecule has 6 rings (SSSR count). The highest BCUT2D eigenvalue weighted by molar-refractivity contribution is 6.30. The summed E-state index contributed by atoms with van der Waals surface area (Å²) in [6.45, 7) is 3.77. The van der Waals surface area contributed by atoms with Gasteiger partial charge in [-0.05, 0) is 55.8 Å². The topological polar surface area (TPSA) is 168 Å². The number of ether oxygens (including phenoxy) is 2. The Morgan fingerprint density at radius 2 is 1.53 bits per heavy atom. The van der Waals surface area contributed by atoms with Crippen molar-refractivity contribution in [3.8, 4) is 11.5 Å². The molecule has 1 saturated heterocycles. The second kappa shape index (κ2) is 15.8. The molecule has 0 radical (unpaired) electrons. The smallest absolute Gasteiger partial charge is 0.272 e. The van der Waals surface area contributed by atoms with Gasteiger partial charge in [0.15, 0.2) is 5.60 Å². The molecule has 14 heteroatoms. The zero-order chi connectivity index (χ0) is 35.0. The summed E-state index contributed by atoms with van der Waals surface area (Å²) >= 11 is 5.94. The Morgan fingerprint density at radius 3 is 2.20 bits per heavy atom. The lowest BCUT2D eigenvalue weighted by molar-refractivity contribution is -0.143. The molecular formula is C35H39ClN6O7. The number of aromatic nitrogens is 1. The molecule has 0 unspecified atom stereocenters. The van der Waals surface area contributed by atoms with Crippen LogP contribution in [0.4, 0.5) is 0 Å². The van der Waals surface area contributed by atoms with Crippen LogP contribution >= 0.6 is 11.6 Å². The number of rotatable bonds is 3. The average molecular weight is 691 g/mol. The zero-order valence-electron chi connectivity index (χ0n) is 27.2. The highest BCUT2D eigenvalue weighted by Crippen LogP contribution is 2.31. The van der Waals surface area contributed by atoms with E-state index in [1.54, 1.807) is 48.2 Å². The first-order valence-electron chi connectivity index (χ1n) is 16.1. The lowest BCUT2D eigenvalue weighted by Gasteiger charge is -2.41. The Labute approximate surface area is 289 Å². The molecule has 1 aromatic heterocycles. The van der Waals surface area contributed by atoms with Gasteiger partial charge >= 0.3 is 0 Å². The largest absolute Gasteiger partial charge is 0.492 e. The first-order valence-corrected chi connectivity index (χ1v) is 16.5. The van der Waals surface area contributed by atoms with Crippen LogP contribution in [0.1, 0.15) is 42.7 Å². The van der Waals surface area contributed by atoms with E-state index < -0.39 is 47.4 Å². The van der Waals surface area contributed by atoms with Gasteiger partial charge in [-0.2, -0.15) is 0 Å². The lowest BCUT2D eigenvalue weighted by Crippen LogP contribution is -2.61. The van der Waals surface area contributed by atoms with Gasteiger partial charge in [-0.1, -0.05) is 41.9 Å². The SMILES string of the molecule is C[C@@H]1NC(=O)[C@H](Cc2ccccc2)NC(=O)[C@H](C)NC(=O)C2(CCN(C(=O)c3ccc(Cl)cn3)CC2)Oc2ccc(cc2)OCCNC1=O. The molecular weight excluding hydrogens is 652 g/mol. The van der Waals surface area contributed by atoms with E-state index in [2.05, 4.69) is 26.3 Å². The molecule has 0 saturated carbocycles. The number of amides is 5. The normalized spacial score (nSPS) is 22.1. The Balaban J connectivity index is 1.38. The predicted molar refractivity (Wildman–Crippen MR) is 180 cm³/mol. The van der Waals surface area contributed by atoms with Crippen LogP contribution in [0.2, 0.25) is 5.02 Å². The molecule has 4 heterocycles. The minimum atomic E-state index is -1.43. The van der Waals surface area contributed by atoms with Crippen molar-refractivity contribution in [2.45, 2.75) is 56.8 Å². The van der Waals surface area contributed by atoms with Crippen molar-refractivity contribution in [2.24, 2.45) is 0 Å². The molecule has 3 aliphatic rings. The number of carbonyl (C=O) groups is 5. The Morgan fingerprint density at radius 1 is 0.857 bits per heavy atom. The van der Waals surface area contributed by atoms with Crippen LogP contribution in [0.3, 0.4) is 0 Å². The van der Waals surface area contributed by atoms with E-state index in [4.69, 9.17) is 21.1 Å². The third kappa shape index (κ3) is 9.05. The van der Waals surface area contributed by atoms with Crippen molar-refractivity contribution in [3.05, 3.63) is 89.2 Å². The van der Waals surface area contributed by atoms with Crippen LogP contribution in [-0.2, 0) is 25.6 Å². The fraction of sp³-hybridized carbons (Fsp3) is 0.371. The van der Waals surface area contributed by atoms with Crippen LogP contribution in [0.25, 0.3) is 0 Å². The molecule has 2 aromatic carbocycles. The molecule has 3 atom stereocenters. The molecule has 13 nitrogen and oxygen atoms in total. The van der Waals surface area contributed by atoms with Crippen molar-refractivity contribution in [2.75, 3.05) is 26.2 Å². The third-order valence-electron chi connectivity index (χ3n) is 8.43. The summed E-state index contributed by atoms with van der Waals surface area (Å²) in [6, 6.07) is 15.9. The quantitative estimate of drug-likeness (QED) is 0.303. The molecule has 4 N–H and O–H groups in total. The maximum absolute atomic E-state index is 14.0. The molecule has 0 aliphatic carbocycles. The van der Waals surface area contributed by atoms with E-state index in [0.29, 0.717) is 16.5 Å². The number of carbonyl (C=O) groups excluding carboxylic acids is 5. The number of piperidine rings is 1. The maximum Gasteiger partial charge on any atom is 0.272 e. The van der Waals surface area contributed by atoms with Crippen molar-refractivity contribution in [1.82, 2.24) is 31.2 Å². The summed E-state index contributed by atoms with van der Waals surface area (Å²) in [7, 11) is 0. The van der Waals surface area contributed by atoms with Gasteiger partial charge in [0.05, 0.1) is 11.6 Å². The number of hydrogen-bond donors (Lipinski definition) is 4. The molecule has 1 fully saturated rings. The first kappa shape index (κ1) is 35.1. The number of nitrogens with one attached hydrogen (secondary N) is 4. The zero-order valence-corrected chi connectivity index (χ0v) is 28.0. The van der Waals surface area contributed by atoms with Gasteiger partial charge in [-0.25, -0.2) is 4.98 Å². The van der Waals surface area contributed by atoms with E-state index in [9.17, 15) is 24.0 Å². The van der Waals surface area contributed by atoms with Crippen molar-refractivity contribution < 1.29 is 33.4 Å². The summed E-state index contributed by atoms with van der Waals surface area (Å²) < 4.78 is 12.1. The van der Waals surface area contributed by atoms with E-state index in [1.807, 2.05) is 30.3 Å². The maximum atomic E-state index is 14.0. The van der Waals surface area contributed by atoms with Crippen molar-refractivity contribution in [1.29, 1.82) is 0 Å². The van der Waals surface area contributed by atoms with Gasteiger partial charge in [-0.3, -0.25) is 24.0 Å². The molecule has 2 bridgehead atoms. The summed E-state index contributed by atoms with van der Waals surface area (Å²) in [4.78, 5) is 72.5. The van der Waals surface area contributed by atoms with Crippen molar-refractivity contribution in [3.63, 3.8) is 0 Å². The fourth-order valence-corrected chi connectivity index (χ4v) is 5.68. The predicted octanol–water partition coefficient (Wildman–Crippen LogP) is 2.03. The second-order valence-electron chi connectivity index (χ2n) is 12.0. The van der Waals surface area contributed by atoms with Crippen LogP contribution in [-0.4, -0.2) is 89.4 Å². The minimum Gasteiger partial charge on any atom is -0.492 e.